The zero-order valence-electron chi connectivity index (χ0n) is 18.1. The van der Waals surface area contributed by atoms with E-state index in [1.165, 1.54) is 0 Å². The van der Waals surface area contributed by atoms with Crippen molar-refractivity contribution >= 4 is 17.8 Å². The normalized spacial score (nSPS) is 31.6. The van der Waals surface area contributed by atoms with E-state index in [1.54, 1.807) is 27.2 Å². The smallest absolute Gasteiger partial charge is 0.328 e. The molecule has 1 heterocycles. The van der Waals surface area contributed by atoms with Crippen molar-refractivity contribution in [1.82, 2.24) is 5.32 Å². The Kier molecular flexibility index (Phi) is 11.5. The molecule has 166 valence electrons. The summed E-state index contributed by atoms with van der Waals surface area (Å²) in [6, 6.07) is -0.749. The topological polar surface area (TPSA) is 100 Å². The summed E-state index contributed by atoms with van der Waals surface area (Å²) >= 11 is 0. The van der Waals surface area contributed by atoms with E-state index >= 15 is 0 Å². The van der Waals surface area contributed by atoms with Gasteiger partial charge in [-0.15, -0.1) is 0 Å². The van der Waals surface area contributed by atoms with Crippen LogP contribution in [0.3, 0.4) is 0 Å². The van der Waals surface area contributed by atoms with Crippen molar-refractivity contribution < 1.29 is 33.3 Å². The number of methoxy groups -OCH3 is 2. The van der Waals surface area contributed by atoms with Crippen LogP contribution in [0.15, 0.2) is 12.2 Å². The molecular formula is C21H35NO7. The summed E-state index contributed by atoms with van der Waals surface area (Å²) in [5.74, 6) is -1.03. The Hall–Kier alpha value is -1.93. The quantitative estimate of drug-likeness (QED) is 0.546. The van der Waals surface area contributed by atoms with Gasteiger partial charge in [0.15, 0.2) is 0 Å². The van der Waals surface area contributed by atoms with Gasteiger partial charge in [-0.05, 0) is 25.7 Å². The maximum absolute atomic E-state index is 12.2. The summed E-state index contributed by atoms with van der Waals surface area (Å²) in [6.45, 7) is 5.74. The minimum Gasteiger partial charge on any atom is -0.463 e. The van der Waals surface area contributed by atoms with Gasteiger partial charge in [-0.25, -0.2) is 4.79 Å². The van der Waals surface area contributed by atoms with Gasteiger partial charge in [-0.1, -0.05) is 26.0 Å². The number of carbonyl (C=O) groups excluding carboxylic acids is 3. The summed E-state index contributed by atoms with van der Waals surface area (Å²) in [7, 11) is 3.12. The van der Waals surface area contributed by atoms with Crippen molar-refractivity contribution in [2.75, 3.05) is 27.4 Å². The molecule has 1 amide bonds. The zero-order valence-corrected chi connectivity index (χ0v) is 18.1. The molecule has 1 N–H and O–H groups in total. The number of esters is 2. The lowest BCUT2D eigenvalue weighted by Crippen LogP contribution is -2.40. The molecule has 0 aromatic heterocycles. The number of hydrogen-bond acceptors (Lipinski definition) is 7. The predicted octanol–water partition coefficient (Wildman–Crippen LogP) is 2.01. The van der Waals surface area contributed by atoms with Crippen LogP contribution in [0.4, 0.5) is 0 Å². The molecule has 0 unspecified atom stereocenters. The molecule has 1 rings (SSSR count). The summed E-state index contributed by atoms with van der Waals surface area (Å²) < 4.78 is 21.5. The Balaban J connectivity index is 2.82. The van der Waals surface area contributed by atoms with Gasteiger partial charge in [-0.3, -0.25) is 9.59 Å². The summed E-state index contributed by atoms with van der Waals surface area (Å²) in [5, 5.41) is 2.63. The molecule has 0 saturated carbocycles. The average Bonchev–Trinajstić information content (AvgIpc) is 2.67. The lowest BCUT2D eigenvalue weighted by atomic mass is 9.98. The van der Waals surface area contributed by atoms with E-state index in [4.69, 9.17) is 18.9 Å². The van der Waals surface area contributed by atoms with Crippen molar-refractivity contribution in [1.29, 1.82) is 0 Å². The van der Waals surface area contributed by atoms with Gasteiger partial charge < -0.3 is 24.3 Å². The van der Waals surface area contributed by atoms with Crippen LogP contribution in [-0.4, -0.2) is 63.5 Å². The molecule has 0 radical (unpaired) electrons. The minimum atomic E-state index is -0.749. The molecule has 0 fully saturated rings. The van der Waals surface area contributed by atoms with E-state index in [9.17, 15) is 14.4 Å². The Morgan fingerprint density at radius 3 is 2.31 bits per heavy atom. The second kappa shape index (κ2) is 13.3. The molecule has 8 nitrogen and oxygen atoms in total. The number of carbonyl (C=O) groups is 3. The lowest BCUT2D eigenvalue weighted by Gasteiger charge is -2.23. The van der Waals surface area contributed by atoms with Crippen LogP contribution in [0.5, 0.6) is 0 Å². The second-order valence-electron chi connectivity index (χ2n) is 7.51. The number of rotatable bonds is 2. The molecule has 1 aliphatic rings. The largest absolute Gasteiger partial charge is 0.463 e. The summed E-state index contributed by atoms with van der Waals surface area (Å²) in [5.41, 5.74) is 0. The standard InChI is InChI=1S/C21H35NO7/c1-14-8-6-10-19(23)22-16(3)21(25)29-13-18(27-5)15(2)9-7-11-20(24)28-12-17(14)26-4/h6,8,14-18H,7,9-13H2,1-5H3,(H,22,23)/t14-,15+,16+,17-,18+/m0/s1. The molecule has 1 aliphatic heterocycles. The van der Waals surface area contributed by atoms with Crippen LogP contribution in [0.2, 0.25) is 0 Å². The van der Waals surface area contributed by atoms with Crippen LogP contribution in [-0.2, 0) is 33.3 Å². The Bertz CT molecular complexity index is 563. The van der Waals surface area contributed by atoms with Crippen molar-refractivity contribution in [2.24, 2.45) is 11.8 Å². The lowest BCUT2D eigenvalue weighted by molar-refractivity contribution is -0.151. The van der Waals surface area contributed by atoms with Crippen LogP contribution in [0, 0.1) is 11.8 Å². The molecule has 5 atom stereocenters. The first kappa shape index (κ1) is 25.1. The van der Waals surface area contributed by atoms with Gasteiger partial charge in [0.1, 0.15) is 19.3 Å². The number of ether oxygens (including phenoxy) is 4. The van der Waals surface area contributed by atoms with E-state index in [1.807, 2.05) is 19.9 Å². The zero-order chi connectivity index (χ0) is 21.8. The van der Waals surface area contributed by atoms with Crippen molar-refractivity contribution in [2.45, 2.75) is 64.7 Å². The maximum Gasteiger partial charge on any atom is 0.328 e. The molecule has 0 saturated heterocycles. The van der Waals surface area contributed by atoms with E-state index < -0.39 is 12.0 Å². The monoisotopic (exact) mass is 413 g/mol. The molecular weight excluding hydrogens is 378 g/mol. The first-order chi connectivity index (χ1) is 13.8. The highest BCUT2D eigenvalue weighted by molar-refractivity contribution is 5.84. The van der Waals surface area contributed by atoms with Crippen LogP contribution < -0.4 is 5.32 Å². The van der Waals surface area contributed by atoms with E-state index in [2.05, 4.69) is 5.32 Å². The fourth-order valence-electron chi connectivity index (χ4n) is 3.06. The fraction of sp³-hybridized carbons (Fsp3) is 0.762. The highest BCUT2D eigenvalue weighted by atomic mass is 16.6. The highest BCUT2D eigenvalue weighted by Gasteiger charge is 2.23. The first-order valence-electron chi connectivity index (χ1n) is 10.1. The van der Waals surface area contributed by atoms with Gasteiger partial charge in [0.2, 0.25) is 5.91 Å². The third-order valence-corrected chi connectivity index (χ3v) is 5.14. The third kappa shape index (κ3) is 9.41. The van der Waals surface area contributed by atoms with Crippen molar-refractivity contribution in [3.05, 3.63) is 12.2 Å². The fourth-order valence-corrected chi connectivity index (χ4v) is 3.06. The van der Waals surface area contributed by atoms with E-state index in [-0.39, 0.29) is 55.6 Å². The molecule has 29 heavy (non-hydrogen) atoms. The van der Waals surface area contributed by atoms with Gasteiger partial charge in [0, 0.05) is 33.0 Å². The number of nitrogens with one attached hydrogen (secondary N) is 1. The van der Waals surface area contributed by atoms with Crippen LogP contribution in [0.1, 0.15) is 46.5 Å². The van der Waals surface area contributed by atoms with Gasteiger partial charge in [-0.2, -0.15) is 0 Å². The summed E-state index contributed by atoms with van der Waals surface area (Å²) in [4.78, 5) is 36.2. The van der Waals surface area contributed by atoms with Gasteiger partial charge in [0.05, 0.1) is 12.2 Å². The first-order valence-corrected chi connectivity index (χ1v) is 10.1. The summed E-state index contributed by atoms with van der Waals surface area (Å²) in [6.07, 6.45) is 4.75. The SMILES string of the molecule is CO[C@H]1COC(=O)CCC[C@@H](C)[C@H](OC)COC(=O)[C@@H](C)NC(=O)CC=C[C@@H]1C. The van der Waals surface area contributed by atoms with E-state index in [0.717, 1.165) is 6.42 Å². The number of hydrogen-bond donors (Lipinski definition) is 1. The predicted molar refractivity (Wildman–Crippen MR) is 107 cm³/mol. The van der Waals surface area contributed by atoms with E-state index in [0.29, 0.717) is 12.8 Å². The van der Waals surface area contributed by atoms with Crippen molar-refractivity contribution in [3.8, 4) is 0 Å². The highest BCUT2D eigenvalue weighted by Crippen LogP contribution is 2.17. The number of amides is 1. The van der Waals surface area contributed by atoms with Crippen LogP contribution in [0.25, 0.3) is 0 Å². The molecule has 0 aliphatic carbocycles. The van der Waals surface area contributed by atoms with Gasteiger partial charge >= 0.3 is 11.9 Å². The Labute approximate surface area is 173 Å². The van der Waals surface area contributed by atoms with Gasteiger partial charge in [0.25, 0.3) is 0 Å². The molecule has 8 heteroatoms. The third-order valence-electron chi connectivity index (χ3n) is 5.14. The molecule has 0 bridgehead atoms. The molecule has 0 aromatic rings. The Morgan fingerprint density at radius 2 is 1.66 bits per heavy atom. The molecule has 0 spiro atoms. The van der Waals surface area contributed by atoms with Crippen molar-refractivity contribution in [3.63, 3.8) is 0 Å². The van der Waals surface area contributed by atoms with Crippen LogP contribution >= 0.6 is 0 Å². The number of cyclic esters (lactones) is 2. The second-order valence-corrected chi connectivity index (χ2v) is 7.51. The molecule has 0 aromatic carbocycles. The minimum absolute atomic E-state index is 0.0486. The maximum atomic E-state index is 12.2. The Morgan fingerprint density at radius 1 is 1.00 bits per heavy atom. The average molecular weight is 414 g/mol.